The molecule has 4 unspecified atom stereocenters. The summed E-state index contributed by atoms with van der Waals surface area (Å²) in [4.78, 5) is 0. The molecule has 0 spiro atoms. The third kappa shape index (κ3) is 3.75. The fourth-order valence-corrected chi connectivity index (χ4v) is 8.75. The number of thioether (sulfide) groups is 1. The Balaban J connectivity index is 1.45. The van der Waals surface area contributed by atoms with Gasteiger partial charge in [0.25, 0.3) is 0 Å². The molecule has 0 saturated heterocycles. The predicted molar refractivity (Wildman–Crippen MR) is 117 cm³/mol. The van der Waals surface area contributed by atoms with Crippen LogP contribution in [0.1, 0.15) is 84.5 Å². The van der Waals surface area contributed by atoms with Gasteiger partial charge in [0, 0.05) is 18.9 Å². The molecule has 156 valence electrons. The molecule has 2 N–H and O–H groups in total. The second kappa shape index (κ2) is 8.56. The van der Waals surface area contributed by atoms with E-state index < -0.39 is 0 Å². The van der Waals surface area contributed by atoms with Gasteiger partial charge in [0.2, 0.25) is 0 Å². The van der Waals surface area contributed by atoms with E-state index in [0.29, 0.717) is 16.9 Å². The van der Waals surface area contributed by atoms with Crippen molar-refractivity contribution in [2.45, 2.75) is 90.6 Å². The van der Waals surface area contributed by atoms with Crippen LogP contribution in [0, 0.1) is 34.5 Å². The lowest BCUT2D eigenvalue weighted by Gasteiger charge is -2.61. The molecule has 0 radical (unpaired) electrons. The van der Waals surface area contributed by atoms with E-state index in [1.54, 1.807) is 0 Å². The average Bonchev–Trinajstić information content (AvgIpc) is 3.07. The summed E-state index contributed by atoms with van der Waals surface area (Å²) >= 11 is 1.99. The summed E-state index contributed by atoms with van der Waals surface area (Å²) in [6.45, 7) is 7.05. The van der Waals surface area contributed by atoms with Crippen LogP contribution < -0.4 is 5.73 Å². The number of hydrogen-bond donors (Lipinski definition) is 1. The highest BCUT2D eigenvalue weighted by Gasteiger charge is 2.60. The van der Waals surface area contributed by atoms with Gasteiger partial charge in [-0.05, 0) is 91.6 Å². The summed E-state index contributed by atoms with van der Waals surface area (Å²) in [5, 5.41) is 0. The monoisotopic (exact) mass is 393 g/mol. The van der Waals surface area contributed by atoms with Gasteiger partial charge in [-0.1, -0.05) is 33.1 Å². The van der Waals surface area contributed by atoms with Crippen LogP contribution in [-0.2, 0) is 4.74 Å². The lowest BCUT2D eigenvalue weighted by molar-refractivity contribution is -0.169. The molecule has 0 bridgehead atoms. The van der Waals surface area contributed by atoms with E-state index in [9.17, 15) is 0 Å². The number of fused-ring (bicyclic) bond motifs is 5. The van der Waals surface area contributed by atoms with Crippen LogP contribution in [-0.4, -0.2) is 30.8 Å². The first kappa shape index (κ1) is 20.5. The Morgan fingerprint density at radius 2 is 1.78 bits per heavy atom. The molecule has 0 heterocycles. The minimum atomic E-state index is 0.462. The smallest absolute Gasteiger partial charge is 0.0634 e. The van der Waals surface area contributed by atoms with Gasteiger partial charge in [0.1, 0.15) is 0 Å². The van der Waals surface area contributed by atoms with Gasteiger partial charge < -0.3 is 10.5 Å². The topological polar surface area (TPSA) is 35.2 Å². The lowest BCUT2D eigenvalue weighted by Crippen LogP contribution is -2.57. The predicted octanol–water partition coefficient (Wildman–Crippen LogP) is 5.89. The van der Waals surface area contributed by atoms with Crippen molar-refractivity contribution >= 4 is 11.8 Å². The summed E-state index contributed by atoms with van der Waals surface area (Å²) in [6.07, 6.45) is 16.4. The highest BCUT2D eigenvalue weighted by atomic mass is 32.2. The van der Waals surface area contributed by atoms with Gasteiger partial charge in [-0.2, -0.15) is 11.8 Å². The maximum atomic E-state index is 6.71. The highest BCUT2D eigenvalue weighted by molar-refractivity contribution is 7.99. The zero-order valence-corrected chi connectivity index (χ0v) is 18.7. The summed E-state index contributed by atoms with van der Waals surface area (Å²) in [5.41, 5.74) is 6.69. The van der Waals surface area contributed by atoms with Crippen molar-refractivity contribution in [3.8, 4) is 0 Å². The van der Waals surface area contributed by atoms with Crippen molar-refractivity contribution in [1.29, 1.82) is 0 Å². The standard InChI is InChI=1S/C24H43NOS/c1-23-11-4-3-7-18(23)9-10-19-20-8-5-12-24(20,2)22(17-21(19)23)26-14-6-15-27-16-13-25/h18-22H,3-17,25H2,1-2H3/t18?,19?,20?,21?,22-,23-,24+/m0/s1. The molecule has 4 fully saturated rings. The summed E-state index contributed by atoms with van der Waals surface area (Å²) in [5.74, 6) is 6.17. The number of nitrogens with two attached hydrogens (primary N) is 1. The van der Waals surface area contributed by atoms with E-state index in [-0.39, 0.29) is 0 Å². The quantitative estimate of drug-likeness (QED) is 0.548. The number of ether oxygens (including phenoxy) is 1. The Kier molecular flexibility index (Phi) is 6.51. The average molecular weight is 394 g/mol. The zero-order valence-electron chi connectivity index (χ0n) is 17.9. The van der Waals surface area contributed by atoms with Crippen molar-refractivity contribution in [1.82, 2.24) is 0 Å². The van der Waals surface area contributed by atoms with Gasteiger partial charge in [0.05, 0.1) is 6.10 Å². The first-order chi connectivity index (χ1) is 13.1. The molecule has 2 nitrogen and oxygen atoms in total. The Morgan fingerprint density at radius 1 is 0.926 bits per heavy atom. The lowest BCUT2D eigenvalue weighted by atomic mass is 9.45. The van der Waals surface area contributed by atoms with Gasteiger partial charge in [0.15, 0.2) is 0 Å². The van der Waals surface area contributed by atoms with Crippen molar-refractivity contribution < 1.29 is 4.74 Å². The van der Waals surface area contributed by atoms with Crippen molar-refractivity contribution in [2.75, 3.05) is 24.7 Å². The first-order valence-corrected chi connectivity index (χ1v) is 13.1. The van der Waals surface area contributed by atoms with E-state index >= 15 is 0 Å². The molecule has 4 saturated carbocycles. The van der Waals surface area contributed by atoms with Crippen LogP contribution in [0.15, 0.2) is 0 Å². The third-order valence-electron chi connectivity index (χ3n) is 9.48. The Morgan fingerprint density at radius 3 is 2.63 bits per heavy atom. The Hall–Kier alpha value is 0.270. The molecule has 4 rings (SSSR count). The molecule has 4 aliphatic carbocycles. The van der Waals surface area contributed by atoms with Crippen LogP contribution in [0.4, 0.5) is 0 Å². The van der Waals surface area contributed by atoms with E-state index in [0.717, 1.165) is 42.6 Å². The maximum Gasteiger partial charge on any atom is 0.0634 e. The molecule has 27 heavy (non-hydrogen) atoms. The van der Waals surface area contributed by atoms with Gasteiger partial charge in [-0.3, -0.25) is 0 Å². The molecule has 0 aromatic carbocycles. The fourth-order valence-electron chi connectivity index (χ4n) is 8.05. The minimum absolute atomic E-state index is 0.462. The Labute approximate surface area is 172 Å². The van der Waals surface area contributed by atoms with Crippen LogP contribution >= 0.6 is 11.8 Å². The molecule has 7 atom stereocenters. The number of hydrogen-bond acceptors (Lipinski definition) is 3. The SMILES string of the molecule is C[C@]12CCCCC1CCC1C2C[C@H](OCCCSCCN)[C@]2(C)CCCC12. The number of rotatable bonds is 7. The van der Waals surface area contributed by atoms with Gasteiger partial charge in [-0.25, -0.2) is 0 Å². The van der Waals surface area contributed by atoms with E-state index in [4.69, 9.17) is 10.5 Å². The van der Waals surface area contributed by atoms with Crippen LogP contribution in [0.25, 0.3) is 0 Å². The van der Waals surface area contributed by atoms with Crippen molar-refractivity contribution in [3.05, 3.63) is 0 Å². The van der Waals surface area contributed by atoms with Crippen LogP contribution in [0.3, 0.4) is 0 Å². The second-order valence-electron chi connectivity index (χ2n) is 10.7. The van der Waals surface area contributed by atoms with E-state index in [2.05, 4.69) is 13.8 Å². The summed E-state index contributed by atoms with van der Waals surface area (Å²) in [6, 6.07) is 0. The van der Waals surface area contributed by atoms with Crippen LogP contribution in [0.2, 0.25) is 0 Å². The normalized spacial score (nSPS) is 46.6. The van der Waals surface area contributed by atoms with E-state index in [1.807, 2.05) is 11.8 Å². The fraction of sp³-hybridized carbons (Fsp3) is 1.00. The van der Waals surface area contributed by atoms with Crippen molar-refractivity contribution in [3.63, 3.8) is 0 Å². The zero-order chi connectivity index (χ0) is 18.9. The first-order valence-electron chi connectivity index (χ1n) is 12.0. The summed E-state index contributed by atoms with van der Waals surface area (Å²) < 4.78 is 6.71. The molecule has 0 aliphatic heterocycles. The van der Waals surface area contributed by atoms with Gasteiger partial charge in [-0.15, -0.1) is 0 Å². The van der Waals surface area contributed by atoms with Gasteiger partial charge >= 0.3 is 0 Å². The van der Waals surface area contributed by atoms with E-state index in [1.165, 1.54) is 76.4 Å². The largest absolute Gasteiger partial charge is 0.378 e. The molecular weight excluding hydrogens is 350 g/mol. The van der Waals surface area contributed by atoms with Crippen molar-refractivity contribution in [2.24, 2.45) is 40.2 Å². The second-order valence-corrected chi connectivity index (χ2v) is 11.9. The molecule has 0 aromatic heterocycles. The van der Waals surface area contributed by atoms with Crippen LogP contribution in [0.5, 0.6) is 0 Å². The third-order valence-corrected chi connectivity index (χ3v) is 10.6. The molecule has 4 aliphatic rings. The molecule has 3 heteroatoms. The maximum absolute atomic E-state index is 6.71. The summed E-state index contributed by atoms with van der Waals surface area (Å²) in [7, 11) is 0. The highest BCUT2D eigenvalue weighted by Crippen LogP contribution is 2.66. The molecular formula is C24H43NOS. The molecule has 0 amide bonds. The molecule has 0 aromatic rings. The minimum Gasteiger partial charge on any atom is -0.378 e. The Bertz CT molecular complexity index is 499.